The number of benzene rings is 1. The fourth-order valence-electron chi connectivity index (χ4n) is 7.18. The number of piperidine rings is 1. The zero-order chi connectivity index (χ0) is 24.8. The largest absolute Gasteiger partial charge is 0.455 e. The summed E-state index contributed by atoms with van der Waals surface area (Å²) >= 11 is 0. The fraction of sp³-hybridized carbons (Fsp3) is 0.462. The normalized spacial score (nSPS) is 30.9. The second-order valence-corrected chi connectivity index (χ2v) is 10.5. The van der Waals surface area contributed by atoms with E-state index < -0.39 is 22.3 Å². The van der Waals surface area contributed by atoms with Crippen molar-refractivity contribution >= 4 is 17.5 Å². The third kappa shape index (κ3) is 2.37. The summed E-state index contributed by atoms with van der Waals surface area (Å²) < 4.78 is 6.27. The van der Waals surface area contributed by atoms with Gasteiger partial charge in [0.2, 0.25) is 11.5 Å². The van der Waals surface area contributed by atoms with Crippen LogP contribution in [0.3, 0.4) is 0 Å². The van der Waals surface area contributed by atoms with Crippen LogP contribution in [-0.4, -0.2) is 61.9 Å². The number of rotatable bonds is 0. The lowest BCUT2D eigenvalue weighted by molar-refractivity contribution is -0.138. The highest BCUT2D eigenvalue weighted by Crippen LogP contribution is 2.64. The van der Waals surface area contributed by atoms with Crippen LogP contribution in [0.25, 0.3) is 0 Å². The van der Waals surface area contributed by atoms with E-state index in [9.17, 15) is 15.3 Å². The van der Waals surface area contributed by atoms with E-state index in [1.54, 1.807) is 0 Å². The second-order valence-electron chi connectivity index (χ2n) is 10.5. The van der Waals surface area contributed by atoms with Crippen LogP contribution >= 0.6 is 0 Å². The standard InChI is InChI=1S/C26H27N7O2/c1-32-9-7-24(8-10-32)16-11-33(2)12-17-19(16)20(21(29)25(24,13-27)14-28)22(30)35-26(17)15-5-3-4-6-18(15)31-23(26)34/h3-6,17,30H,7-12,29H2,1-2H3,(H,31,34)/t17-,26-/m0/s1. The number of nitriles is 2. The van der Waals surface area contributed by atoms with Gasteiger partial charge in [0.15, 0.2) is 5.41 Å². The van der Waals surface area contributed by atoms with E-state index >= 15 is 0 Å². The van der Waals surface area contributed by atoms with Gasteiger partial charge >= 0.3 is 0 Å². The highest BCUT2D eigenvalue weighted by Gasteiger charge is 2.68. The van der Waals surface area contributed by atoms with Gasteiger partial charge in [0.05, 0.1) is 29.3 Å². The van der Waals surface area contributed by atoms with Crippen molar-refractivity contribution in [3.8, 4) is 12.1 Å². The smallest absolute Gasteiger partial charge is 0.274 e. The Balaban J connectivity index is 1.68. The lowest BCUT2D eigenvalue weighted by Crippen LogP contribution is -2.62. The molecule has 6 rings (SSSR count). The van der Waals surface area contributed by atoms with Crippen LogP contribution in [0.2, 0.25) is 0 Å². The molecular formula is C26H27N7O2. The maximum absolute atomic E-state index is 13.6. The van der Waals surface area contributed by atoms with E-state index in [0.717, 1.165) is 24.2 Å². The average Bonchev–Trinajstić information content (AvgIpc) is 3.12. The van der Waals surface area contributed by atoms with Gasteiger partial charge in [-0.15, -0.1) is 0 Å². The van der Waals surface area contributed by atoms with Gasteiger partial charge in [-0.3, -0.25) is 10.2 Å². The third-order valence-electron chi connectivity index (χ3n) is 8.90. The number of nitrogens with zero attached hydrogens (tertiary/aromatic N) is 4. The number of ether oxygens (including phenoxy) is 1. The van der Waals surface area contributed by atoms with Crippen molar-refractivity contribution in [3.63, 3.8) is 0 Å². The number of para-hydroxylation sites is 1. The SMILES string of the molecule is CN1CCC2(CC1)C1=C3C(=C(N)C2(C#N)C#N)C(=N)O[C@]2(C(=O)Nc4ccccc42)[C@H]3CN(C)C1. The summed E-state index contributed by atoms with van der Waals surface area (Å²) in [4.78, 5) is 18.0. The lowest BCUT2D eigenvalue weighted by Gasteiger charge is -2.58. The minimum atomic E-state index is -1.61. The van der Waals surface area contributed by atoms with Gasteiger partial charge in [-0.05, 0) is 57.2 Å². The van der Waals surface area contributed by atoms with Crippen LogP contribution in [0.5, 0.6) is 0 Å². The zero-order valence-corrected chi connectivity index (χ0v) is 19.8. The number of amides is 1. The summed E-state index contributed by atoms with van der Waals surface area (Å²) in [5.74, 6) is -0.988. The topological polar surface area (TPSA) is 142 Å². The Hall–Kier alpha value is -3.66. The van der Waals surface area contributed by atoms with E-state index in [4.69, 9.17) is 15.9 Å². The Bertz CT molecular complexity index is 1320. The highest BCUT2D eigenvalue weighted by molar-refractivity contribution is 6.11. The molecular weight excluding hydrogens is 442 g/mol. The highest BCUT2D eigenvalue weighted by atomic mass is 16.5. The first kappa shape index (κ1) is 21.8. The molecule has 9 heteroatoms. The molecule has 4 heterocycles. The first-order chi connectivity index (χ1) is 16.8. The summed E-state index contributed by atoms with van der Waals surface area (Å²) in [5, 5.41) is 32.9. The van der Waals surface area contributed by atoms with E-state index in [-0.39, 0.29) is 17.5 Å². The first-order valence-corrected chi connectivity index (χ1v) is 11.9. The molecule has 1 aromatic rings. The Morgan fingerprint density at radius 1 is 1.17 bits per heavy atom. The van der Waals surface area contributed by atoms with Gasteiger partial charge in [0.25, 0.3) is 5.91 Å². The van der Waals surface area contributed by atoms with Crippen molar-refractivity contribution in [1.82, 2.24) is 9.80 Å². The van der Waals surface area contributed by atoms with Crippen LogP contribution in [-0.2, 0) is 15.1 Å². The van der Waals surface area contributed by atoms with Gasteiger partial charge in [0.1, 0.15) is 0 Å². The number of nitrogens with two attached hydrogens (primary N) is 1. The summed E-state index contributed by atoms with van der Waals surface area (Å²) in [6.45, 7) is 2.51. The third-order valence-corrected chi connectivity index (χ3v) is 8.90. The molecule has 2 atom stereocenters. The van der Waals surface area contributed by atoms with Crippen LogP contribution in [0.15, 0.2) is 46.7 Å². The molecule has 0 saturated carbocycles. The first-order valence-electron chi connectivity index (χ1n) is 11.9. The Kier molecular flexibility index (Phi) is 4.33. The average molecular weight is 470 g/mol. The lowest BCUT2D eigenvalue weighted by atomic mass is 9.48. The number of carbonyl (C=O) groups excluding carboxylic acids is 1. The van der Waals surface area contributed by atoms with Crippen LogP contribution < -0.4 is 11.1 Å². The van der Waals surface area contributed by atoms with Gasteiger partial charge in [-0.1, -0.05) is 18.2 Å². The monoisotopic (exact) mass is 469 g/mol. The molecule has 178 valence electrons. The van der Waals surface area contributed by atoms with Crippen molar-refractivity contribution in [2.24, 2.45) is 22.5 Å². The number of anilines is 1. The number of fused-ring (bicyclic) bond motifs is 4. The molecule has 5 aliphatic rings. The molecule has 4 N–H and O–H groups in total. The van der Waals surface area contributed by atoms with Crippen LogP contribution in [0.4, 0.5) is 5.69 Å². The molecule has 35 heavy (non-hydrogen) atoms. The van der Waals surface area contributed by atoms with Gasteiger partial charge in [0, 0.05) is 29.8 Å². The number of nitrogens with one attached hydrogen (secondary N) is 2. The predicted octanol–water partition coefficient (Wildman–Crippen LogP) is 1.67. The molecule has 1 amide bonds. The molecule has 0 bridgehead atoms. The molecule has 9 nitrogen and oxygen atoms in total. The van der Waals surface area contributed by atoms with Crippen molar-refractivity contribution in [1.29, 1.82) is 15.9 Å². The number of carbonyl (C=O) groups is 1. The Morgan fingerprint density at radius 2 is 1.86 bits per heavy atom. The molecule has 1 aromatic carbocycles. The van der Waals surface area contributed by atoms with Gasteiger partial charge in [-0.25, -0.2) is 0 Å². The van der Waals surface area contributed by atoms with Crippen LogP contribution in [0.1, 0.15) is 18.4 Å². The molecule has 2 fully saturated rings. The Labute approximate surface area is 203 Å². The zero-order valence-electron chi connectivity index (χ0n) is 19.8. The predicted molar refractivity (Wildman–Crippen MR) is 128 cm³/mol. The molecule has 0 radical (unpaired) electrons. The van der Waals surface area contributed by atoms with Gasteiger partial charge in [-0.2, -0.15) is 10.5 Å². The molecule has 2 spiro atoms. The second kappa shape index (κ2) is 6.94. The van der Waals surface area contributed by atoms with Crippen LogP contribution in [0, 0.1) is 44.8 Å². The summed E-state index contributed by atoms with van der Waals surface area (Å²) in [6.07, 6.45) is 1.20. The molecule has 0 unspecified atom stereocenters. The summed E-state index contributed by atoms with van der Waals surface area (Å²) in [7, 11) is 4.02. The van der Waals surface area contributed by atoms with Crippen molar-refractivity contribution in [2.45, 2.75) is 18.4 Å². The number of hydrogen-bond donors (Lipinski definition) is 3. The van der Waals surface area contributed by atoms with Crippen molar-refractivity contribution in [3.05, 3.63) is 52.2 Å². The van der Waals surface area contributed by atoms with E-state index in [1.807, 2.05) is 38.4 Å². The van der Waals surface area contributed by atoms with E-state index in [1.165, 1.54) is 0 Å². The maximum atomic E-state index is 13.6. The fourth-order valence-corrected chi connectivity index (χ4v) is 7.18. The number of allylic oxidation sites excluding steroid dienone is 1. The molecule has 0 aromatic heterocycles. The molecule has 2 saturated heterocycles. The minimum absolute atomic E-state index is 0.0897. The Morgan fingerprint density at radius 3 is 2.54 bits per heavy atom. The van der Waals surface area contributed by atoms with Crippen molar-refractivity contribution < 1.29 is 9.53 Å². The minimum Gasteiger partial charge on any atom is -0.455 e. The summed E-state index contributed by atoms with van der Waals surface area (Å²) in [5.41, 5.74) is 6.50. The summed E-state index contributed by atoms with van der Waals surface area (Å²) in [6, 6.07) is 12.0. The number of hydrogen-bond acceptors (Lipinski definition) is 8. The van der Waals surface area contributed by atoms with Gasteiger partial charge < -0.3 is 25.6 Å². The number of likely N-dealkylation sites (N-methyl/N-ethyl adjacent to an activating group) is 1. The molecule has 4 aliphatic heterocycles. The van der Waals surface area contributed by atoms with Crippen molar-refractivity contribution in [2.75, 3.05) is 45.6 Å². The van der Waals surface area contributed by atoms with E-state index in [0.29, 0.717) is 42.8 Å². The number of likely N-dealkylation sites (tertiary alicyclic amines) is 1. The maximum Gasteiger partial charge on any atom is 0.274 e. The molecule has 1 aliphatic carbocycles. The van der Waals surface area contributed by atoms with E-state index in [2.05, 4.69) is 27.3 Å². The quantitative estimate of drug-likeness (QED) is 0.525.